The molecule has 26 heavy (non-hydrogen) atoms. The van der Waals surface area contributed by atoms with Gasteiger partial charge in [-0.05, 0) is 50.5 Å². The molecule has 2 aromatic rings. The van der Waals surface area contributed by atoms with Gasteiger partial charge in [-0.25, -0.2) is 9.37 Å². The van der Waals surface area contributed by atoms with Crippen molar-refractivity contribution in [3.63, 3.8) is 0 Å². The Morgan fingerprint density at radius 3 is 2.85 bits per heavy atom. The highest BCUT2D eigenvalue weighted by molar-refractivity contribution is 7.17. The SMILES string of the molecule is Cc1nc(-c2ccc(F)cc2)sc1C(=O)N1CC[C@@]2(O)CCCC[C@@H]2C1. The van der Waals surface area contributed by atoms with E-state index in [9.17, 15) is 14.3 Å². The monoisotopic (exact) mass is 374 g/mol. The Hall–Kier alpha value is -1.79. The third kappa shape index (κ3) is 3.16. The van der Waals surface area contributed by atoms with E-state index in [0.29, 0.717) is 30.1 Å². The molecule has 1 aliphatic carbocycles. The Morgan fingerprint density at radius 2 is 2.08 bits per heavy atom. The van der Waals surface area contributed by atoms with Gasteiger partial charge in [0.05, 0.1) is 11.3 Å². The van der Waals surface area contributed by atoms with Gasteiger partial charge in [0.1, 0.15) is 15.7 Å². The summed E-state index contributed by atoms with van der Waals surface area (Å²) in [5.74, 6) is -0.105. The first-order valence-electron chi connectivity index (χ1n) is 9.21. The lowest BCUT2D eigenvalue weighted by Gasteiger charge is -2.47. The number of hydrogen-bond acceptors (Lipinski definition) is 4. The molecule has 138 valence electrons. The van der Waals surface area contributed by atoms with Crippen molar-refractivity contribution in [3.05, 3.63) is 40.7 Å². The van der Waals surface area contributed by atoms with E-state index in [1.54, 1.807) is 12.1 Å². The summed E-state index contributed by atoms with van der Waals surface area (Å²) in [5.41, 5.74) is 0.944. The molecule has 1 saturated heterocycles. The molecule has 4 rings (SSSR count). The summed E-state index contributed by atoms with van der Waals surface area (Å²) >= 11 is 1.36. The predicted octanol–water partition coefficient (Wildman–Crippen LogP) is 4.02. The number of halogens is 1. The van der Waals surface area contributed by atoms with E-state index in [0.717, 1.165) is 36.3 Å². The lowest BCUT2D eigenvalue weighted by molar-refractivity contribution is -0.0885. The Labute approximate surface area is 156 Å². The number of carbonyl (C=O) groups excluding carboxylic acids is 1. The highest BCUT2D eigenvalue weighted by Crippen LogP contribution is 2.40. The molecule has 1 saturated carbocycles. The number of hydrogen-bond donors (Lipinski definition) is 1. The van der Waals surface area contributed by atoms with Gasteiger partial charge in [0, 0.05) is 24.6 Å². The van der Waals surface area contributed by atoms with Crippen LogP contribution in [0, 0.1) is 18.7 Å². The number of likely N-dealkylation sites (tertiary alicyclic amines) is 1. The second kappa shape index (κ2) is 6.74. The summed E-state index contributed by atoms with van der Waals surface area (Å²) in [7, 11) is 0. The minimum Gasteiger partial charge on any atom is -0.389 e. The van der Waals surface area contributed by atoms with Gasteiger partial charge in [0.25, 0.3) is 5.91 Å². The largest absolute Gasteiger partial charge is 0.389 e. The molecule has 1 amide bonds. The number of nitrogens with zero attached hydrogens (tertiary/aromatic N) is 2. The van der Waals surface area contributed by atoms with E-state index in [1.807, 2.05) is 11.8 Å². The third-order valence-corrected chi connectivity index (χ3v) is 6.99. The van der Waals surface area contributed by atoms with Crippen molar-refractivity contribution in [1.29, 1.82) is 0 Å². The van der Waals surface area contributed by atoms with Crippen LogP contribution in [0.4, 0.5) is 4.39 Å². The van der Waals surface area contributed by atoms with Crippen molar-refractivity contribution in [3.8, 4) is 10.6 Å². The molecule has 6 heteroatoms. The Morgan fingerprint density at radius 1 is 1.31 bits per heavy atom. The third-order valence-electron chi connectivity index (χ3n) is 5.80. The number of fused-ring (bicyclic) bond motifs is 1. The number of thiazole rings is 1. The molecule has 4 nitrogen and oxygen atoms in total. The summed E-state index contributed by atoms with van der Waals surface area (Å²) in [6.45, 7) is 3.06. The van der Waals surface area contributed by atoms with Crippen LogP contribution in [-0.2, 0) is 0 Å². The maximum absolute atomic E-state index is 13.1. The van der Waals surface area contributed by atoms with Crippen LogP contribution in [0.15, 0.2) is 24.3 Å². The fourth-order valence-corrected chi connectivity index (χ4v) is 5.25. The Balaban J connectivity index is 1.54. The van der Waals surface area contributed by atoms with Gasteiger partial charge in [-0.1, -0.05) is 12.8 Å². The Kier molecular flexibility index (Phi) is 4.57. The Bertz CT molecular complexity index is 820. The second-order valence-electron chi connectivity index (χ2n) is 7.49. The summed E-state index contributed by atoms with van der Waals surface area (Å²) in [6.07, 6.45) is 4.71. The zero-order valence-electron chi connectivity index (χ0n) is 14.9. The predicted molar refractivity (Wildman–Crippen MR) is 99.7 cm³/mol. The molecule has 0 spiro atoms. The van der Waals surface area contributed by atoms with Crippen LogP contribution in [0.1, 0.15) is 47.5 Å². The average Bonchev–Trinajstić information content (AvgIpc) is 3.02. The summed E-state index contributed by atoms with van der Waals surface area (Å²) in [4.78, 5) is 20.1. The fourth-order valence-electron chi connectivity index (χ4n) is 4.21. The number of aliphatic hydroxyl groups is 1. The number of amides is 1. The quantitative estimate of drug-likeness (QED) is 0.864. The van der Waals surface area contributed by atoms with E-state index in [-0.39, 0.29) is 17.6 Å². The lowest BCUT2D eigenvalue weighted by atomic mass is 9.71. The number of aryl methyl sites for hydroxylation is 1. The van der Waals surface area contributed by atoms with Crippen LogP contribution in [0.5, 0.6) is 0 Å². The maximum atomic E-state index is 13.1. The molecule has 2 atom stereocenters. The minimum absolute atomic E-state index is 0.000912. The van der Waals surface area contributed by atoms with Gasteiger partial charge >= 0.3 is 0 Å². The fraction of sp³-hybridized carbons (Fsp3) is 0.500. The van der Waals surface area contributed by atoms with E-state index >= 15 is 0 Å². The van der Waals surface area contributed by atoms with Gasteiger partial charge in [0.15, 0.2) is 0 Å². The molecule has 1 aromatic heterocycles. The number of benzene rings is 1. The van der Waals surface area contributed by atoms with Crippen molar-refractivity contribution < 1.29 is 14.3 Å². The number of piperidine rings is 1. The number of rotatable bonds is 2. The first-order chi connectivity index (χ1) is 12.5. The summed E-state index contributed by atoms with van der Waals surface area (Å²) in [6, 6.07) is 6.18. The topological polar surface area (TPSA) is 53.4 Å². The van der Waals surface area contributed by atoms with Crippen molar-refractivity contribution in [2.45, 2.75) is 44.6 Å². The molecule has 0 unspecified atom stereocenters. The molecule has 0 bridgehead atoms. The van der Waals surface area contributed by atoms with Crippen molar-refractivity contribution in [2.24, 2.45) is 5.92 Å². The molecule has 1 aromatic carbocycles. The van der Waals surface area contributed by atoms with Gasteiger partial charge in [0.2, 0.25) is 0 Å². The molecule has 2 fully saturated rings. The van der Waals surface area contributed by atoms with Gasteiger partial charge in [-0.3, -0.25) is 4.79 Å². The standard InChI is InChI=1S/C20H23FN2O2S/c1-13-17(26-18(22-13)14-5-7-16(21)8-6-14)19(24)23-11-10-20(25)9-3-2-4-15(20)12-23/h5-8,15,25H,2-4,9-12H2,1H3/t15-,20+/m1/s1. The zero-order valence-corrected chi connectivity index (χ0v) is 15.7. The summed E-state index contributed by atoms with van der Waals surface area (Å²) in [5, 5.41) is 11.5. The van der Waals surface area contributed by atoms with E-state index in [2.05, 4.69) is 4.98 Å². The van der Waals surface area contributed by atoms with Gasteiger partial charge in [-0.15, -0.1) is 11.3 Å². The van der Waals surface area contributed by atoms with Crippen molar-refractivity contribution >= 4 is 17.2 Å². The van der Waals surface area contributed by atoms with Crippen molar-refractivity contribution in [1.82, 2.24) is 9.88 Å². The second-order valence-corrected chi connectivity index (χ2v) is 8.49. The normalized spacial score (nSPS) is 25.8. The smallest absolute Gasteiger partial charge is 0.265 e. The maximum Gasteiger partial charge on any atom is 0.265 e. The highest BCUT2D eigenvalue weighted by atomic mass is 32.1. The van der Waals surface area contributed by atoms with Crippen LogP contribution in [0.3, 0.4) is 0 Å². The van der Waals surface area contributed by atoms with Gasteiger partial charge < -0.3 is 10.0 Å². The molecule has 1 N–H and O–H groups in total. The molecule has 1 aliphatic heterocycles. The minimum atomic E-state index is -0.586. The van der Waals surface area contributed by atoms with Crippen LogP contribution < -0.4 is 0 Å². The first-order valence-corrected chi connectivity index (χ1v) is 10.0. The van der Waals surface area contributed by atoms with E-state index in [1.165, 1.54) is 23.5 Å². The van der Waals surface area contributed by atoms with Crippen LogP contribution >= 0.6 is 11.3 Å². The van der Waals surface area contributed by atoms with Crippen LogP contribution in [0.25, 0.3) is 10.6 Å². The van der Waals surface area contributed by atoms with Gasteiger partial charge in [-0.2, -0.15) is 0 Å². The lowest BCUT2D eigenvalue weighted by Crippen LogP contribution is -2.54. The highest BCUT2D eigenvalue weighted by Gasteiger charge is 2.44. The molecule has 2 heterocycles. The molecule has 2 aliphatic rings. The average molecular weight is 374 g/mol. The van der Waals surface area contributed by atoms with Crippen LogP contribution in [0.2, 0.25) is 0 Å². The zero-order chi connectivity index (χ0) is 18.3. The number of aromatic nitrogens is 1. The van der Waals surface area contributed by atoms with Crippen molar-refractivity contribution in [2.75, 3.05) is 13.1 Å². The molecule has 0 radical (unpaired) electrons. The van der Waals surface area contributed by atoms with E-state index < -0.39 is 5.60 Å². The molecular weight excluding hydrogens is 351 g/mol. The van der Waals surface area contributed by atoms with E-state index in [4.69, 9.17) is 0 Å². The molecular formula is C20H23FN2O2S. The first kappa shape index (κ1) is 17.6. The number of carbonyl (C=O) groups is 1. The summed E-state index contributed by atoms with van der Waals surface area (Å²) < 4.78 is 13.1. The van der Waals surface area contributed by atoms with Crippen LogP contribution in [-0.4, -0.2) is 39.6 Å².